The van der Waals surface area contributed by atoms with Crippen molar-refractivity contribution in [3.05, 3.63) is 47.1 Å². The van der Waals surface area contributed by atoms with Gasteiger partial charge < -0.3 is 10.8 Å². The fraction of sp³-hybridized carbons (Fsp3) is 0.294. The number of benzene rings is 1. The van der Waals surface area contributed by atoms with Gasteiger partial charge in [0.05, 0.1) is 23.0 Å². The van der Waals surface area contributed by atoms with Crippen molar-refractivity contribution >= 4 is 35.9 Å². The summed E-state index contributed by atoms with van der Waals surface area (Å²) in [4.78, 5) is 3.72. The maximum atomic E-state index is 13.7. The highest BCUT2D eigenvalue weighted by molar-refractivity contribution is 7.77. The number of hydrogen-bond acceptors (Lipinski definition) is 6. The number of fused-ring (bicyclic) bond motifs is 1. The van der Waals surface area contributed by atoms with Crippen LogP contribution in [0.2, 0.25) is 5.02 Å². The highest BCUT2D eigenvalue weighted by atomic mass is 35.5. The number of nitrogens with two attached hydrogens (primary N) is 1. The third-order valence-corrected chi connectivity index (χ3v) is 4.75. The molecule has 1 unspecified atom stereocenters. The van der Waals surface area contributed by atoms with E-state index in [0.29, 0.717) is 11.3 Å². The fourth-order valence-corrected chi connectivity index (χ4v) is 3.21. The summed E-state index contributed by atoms with van der Waals surface area (Å²) < 4.78 is 30.3. The zero-order chi connectivity index (χ0) is 19.6. The van der Waals surface area contributed by atoms with Crippen LogP contribution in [0.5, 0.6) is 0 Å². The van der Waals surface area contributed by atoms with Crippen LogP contribution < -0.4 is 5.73 Å². The lowest BCUT2D eigenvalue weighted by molar-refractivity contribution is 0.113. The van der Waals surface area contributed by atoms with Crippen molar-refractivity contribution in [2.24, 2.45) is 0 Å². The summed E-state index contributed by atoms with van der Waals surface area (Å²) >= 11 is 9.71. The number of aliphatic hydroxyl groups is 1. The molecule has 144 valence electrons. The van der Waals surface area contributed by atoms with Gasteiger partial charge in [-0.1, -0.05) is 30.5 Å². The van der Waals surface area contributed by atoms with Crippen LogP contribution in [0.25, 0.3) is 16.8 Å². The van der Waals surface area contributed by atoms with Gasteiger partial charge in [-0.05, 0) is 25.0 Å². The Bertz CT molecular complexity index is 946. The molecule has 1 aliphatic heterocycles. The zero-order valence-corrected chi connectivity index (χ0v) is 15.8. The summed E-state index contributed by atoms with van der Waals surface area (Å²) in [5, 5.41) is 12.9. The molecule has 1 aromatic carbocycles. The Balaban J connectivity index is 0.000000221. The van der Waals surface area contributed by atoms with E-state index in [1.165, 1.54) is 28.9 Å². The van der Waals surface area contributed by atoms with E-state index in [1.807, 2.05) is 4.31 Å². The number of β-amino-alcohol motifs (C(OH)–C–C–N with tert-alkyl or cyclic N) is 1. The monoisotopic (exact) mass is 413 g/mol. The summed E-state index contributed by atoms with van der Waals surface area (Å²) in [6.45, 7) is 1.74. The minimum Gasteiger partial charge on any atom is -0.392 e. The number of aromatic nitrogens is 3. The standard InChI is InChI=1S/C12H7ClF2N4.C5H11NOS/c13-7-2-1-6(3-8(7)14)10-4-9(15)11-5-17-12(16)18-19(10)11;7-5-2-1-3-6(8)4-5/h1-5H,(H2,16,18);5,7-8H,1-4H2. The molecule has 10 heteroatoms. The molecule has 2 aromatic heterocycles. The zero-order valence-electron chi connectivity index (χ0n) is 14.2. The van der Waals surface area contributed by atoms with E-state index in [-0.39, 0.29) is 22.6 Å². The molecule has 1 fully saturated rings. The van der Waals surface area contributed by atoms with Crippen LogP contribution in [0.4, 0.5) is 14.7 Å². The van der Waals surface area contributed by atoms with Gasteiger partial charge in [-0.2, -0.15) is 0 Å². The first-order valence-electron chi connectivity index (χ1n) is 8.22. The van der Waals surface area contributed by atoms with E-state index in [2.05, 4.69) is 22.9 Å². The van der Waals surface area contributed by atoms with Crippen molar-refractivity contribution in [3.8, 4) is 11.3 Å². The second kappa shape index (κ2) is 8.39. The third-order valence-electron chi connectivity index (χ3n) is 4.08. The maximum Gasteiger partial charge on any atom is 0.238 e. The minimum absolute atomic E-state index is 0.000719. The number of piperidine rings is 1. The predicted molar refractivity (Wildman–Crippen MR) is 104 cm³/mol. The number of anilines is 1. The van der Waals surface area contributed by atoms with Crippen LogP contribution in [0.1, 0.15) is 12.8 Å². The maximum absolute atomic E-state index is 13.7. The van der Waals surface area contributed by atoms with Crippen LogP contribution in [-0.2, 0) is 0 Å². The summed E-state index contributed by atoms with van der Waals surface area (Å²) in [6.07, 6.45) is 3.15. The van der Waals surface area contributed by atoms with Crippen molar-refractivity contribution in [1.82, 2.24) is 18.9 Å². The van der Waals surface area contributed by atoms with Gasteiger partial charge in [0.2, 0.25) is 5.95 Å². The van der Waals surface area contributed by atoms with Crippen LogP contribution in [0.3, 0.4) is 0 Å². The number of thiol groups is 1. The Hall–Kier alpha value is -1.94. The SMILES string of the molecule is Nc1ncc2c(F)cc(-c3ccc(Cl)c(F)c3)n2n1.OC1CCCN(S)C1. The van der Waals surface area contributed by atoms with Gasteiger partial charge in [0, 0.05) is 24.7 Å². The number of nitrogens with zero attached hydrogens (tertiary/aromatic N) is 4. The normalized spacial score (nSPS) is 17.6. The molecule has 3 N–H and O–H groups in total. The summed E-state index contributed by atoms with van der Waals surface area (Å²) in [6, 6.07) is 5.42. The first kappa shape index (κ1) is 19.8. The molecule has 0 radical (unpaired) electrons. The van der Waals surface area contributed by atoms with Gasteiger partial charge in [0.25, 0.3) is 0 Å². The number of aliphatic hydroxyl groups excluding tert-OH is 1. The van der Waals surface area contributed by atoms with Crippen LogP contribution in [-0.4, -0.2) is 43.2 Å². The topological polar surface area (TPSA) is 79.7 Å². The van der Waals surface area contributed by atoms with Gasteiger partial charge in [-0.15, -0.1) is 5.10 Å². The third kappa shape index (κ3) is 4.67. The van der Waals surface area contributed by atoms with Gasteiger partial charge in [-0.3, -0.25) is 4.31 Å². The molecule has 27 heavy (non-hydrogen) atoms. The van der Waals surface area contributed by atoms with Crippen molar-refractivity contribution in [2.75, 3.05) is 18.8 Å². The van der Waals surface area contributed by atoms with Crippen molar-refractivity contribution < 1.29 is 13.9 Å². The smallest absolute Gasteiger partial charge is 0.238 e. The van der Waals surface area contributed by atoms with Crippen molar-refractivity contribution in [3.63, 3.8) is 0 Å². The Kier molecular flexibility index (Phi) is 6.15. The average molecular weight is 414 g/mol. The molecule has 4 rings (SSSR count). The van der Waals surface area contributed by atoms with E-state index in [1.54, 1.807) is 6.07 Å². The molecule has 1 atom stereocenters. The highest BCUT2D eigenvalue weighted by Gasteiger charge is 2.14. The van der Waals surface area contributed by atoms with Crippen LogP contribution in [0, 0.1) is 11.6 Å². The molecule has 0 aliphatic carbocycles. The van der Waals surface area contributed by atoms with Crippen molar-refractivity contribution in [1.29, 1.82) is 0 Å². The second-order valence-corrected chi connectivity index (χ2v) is 7.10. The molecule has 0 amide bonds. The molecule has 1 aliphatic rings. The highest BCUT2D eigenvalue weighted by Crippen LogP contribution is 2.27. The van der Waals surface area contributed by atoms with E-state index in [9.17, 15) is 8.78 Å². The second-order valence-electron chi connectivity index (χ2n) is 6.13. The van der Waals surface area contributed by atoms with E-state index in [4.69, 9.17) is 22.4 Å². The number of nitrogen functional groups attached to an aromatic ring is 1. The first-order chi connectivity index (χ1) is 12.8. The lowest BCUT2D eigenvalue weighted by Crippen LogP contribution is -2.31. The van der Waals surface area contributed by atoms with E-state index in [0.717, 1.165) is 25.9 Å². The Morgan fingerprint density at radius 2 is 2.04 bits per heavy atom. The number of hydrogen-bond donors (Lipinski definition) is 3. The van der Waals surface area contributed by atoms with E-state index >= 15 is 0 Å². The largest absolute Gasteiger partial charge is 0.392 e. The van der Waals surface area contributed by atoms with Crippen LogP contribution in [0.15, 0.2) is 30.5 Å². The van der Waals surface area contributed by atoms with Gasteiger partial charge >= 0.3 is 0 Å². The lowest BCUT2D eigenvalue weighted by atomic mass is 10.1. The Morgan fingerprint density at radius 3 is 2.67 bits per heavy atom. The van der Waals surface area contributed by atoms with Gasteiger partial charge in [-0.25, -0.2) is 18.3 Å². The van der Waals surface area contributed by atoms with Crippen LogP contribution >= 0.6 is 24.4 Å². The molecule has 3 heterocycles. The molecule has 0 bridgehead atoms. The first-order valence-corrected chi connectivity index (χ1v) is 9.00. The lowest BCUT2D eigenvalue weighted by Gasteiger charge is -2.24. The molecule has 3 aromatic rings. The number of halogens is 3. The van der Waals surface area contributed by atoms with E-state index < -0.39 is 11.6 Å². The predicted octanol–water partition coefficient (Wildman–Crippen LogP) is 3.20. The molecule has 6 nitrogen and oxygen atoms in total. The number of rotatable bonds is 1. The molecular formula is C17H18ClF2N5OS. The minimum atomic E-state index is -0.587. The summed E-state index contributed by atoms with van der Waals surface area (Å²) in [5.74, 6) is -1.10. The summed E-state index contributed by atoms with van der Waals surface area (Å²) in [7, 11) is 0. The van der Waals surface area contributed by atoms with Crippen molar-refractivity contribution in [2.45, 2.75) is 18.9 Å². The van der Waals surface area contributed by atoms with Gasteiger partial charge in [0.1, 0.15) is 11.3 Å². The molecule has 1 saturated heterocycles. The fourth-order valence-electron chi connectivity index (χ4n) is 2.76. The molecule has 0 spiro atoms. The molecule has 0 saturated carbocycles. The Morgan fingerprint density at radius 1 is 1.26 bits per heavy atom. The average Bonchev–Trinajstić information content (AvgIpc) is 2.94. The summed E-state index contributed by atoms with van der Waals surface area (Å²) in [5.41, 5.74) is 6.46. The Labute approximate surface area is 165 Å². The molecular weight excluding hydrogens is 396 g/mol. The van der Waals surface area contributed by atoms with Gasteiger partial charge in [0.15, 0.2) is 5.82 Å². The quantitative estimate of drug-likeness (QED) is 0.534.